The number of hydrogen-bond donors (Lipinski definition) is 3. The third-order valence-corrected chi connectivity index (χ3v) is 2.04. The van der Waals surface area contributed by atoms with Crippen molar-refractivity contribution in [1.29, 1.82) is 0 Å². The molecule has 1 unspecified atom stereocenters. The van der Waals surface area contributed by atoms with E-state index in [0.717, 1.165) is 0 Å². The van der Waals surface area contributed by atoms with Gasteiger partial charge in [-0.3, -0.25) is 4.57 Å². The van der Waals surface area contributed by atoms with Gasteiger partial charge in [0.2, 0.25) is 5.85 Å². The maximum Gasteiger partial charge on any atom is 2.00 e. The predicted octanol–water partition coefficient (Wildman–Crippen LogP) is -3.96. The van der Waals surface area contributed by atoms with Crippen LogP contribution in [0.15, 0.2) is 0 Å². The second kappa shape index (κ2) is 6.99. The van der Waals surface area contributed by atoms with Crippen LogP contribution in [0.2, 0.25) is 0 Å². The summed E-state index contributed by atoms with van der Waals surface area (Å²) in [5.41, 5.74) is 0. The Balaban J connectivity index is -0.0000000833. The summed E-state index contributed by atoms with van der Waals surface area (Å²) in [6.07, 6.45) is 0. The van der Waals surface area contributed by atoms with E-state index in [1.807, 2.05) is 0 Å². The standard InChI is InChI=1S/C5H14NO4P.Ca.ClH.2H/c1-6(2,3)4-5(7)11(8,9)10;;;;/h5,7H,4H2,1-3H3,(H-,8,9,10);;1H;;/q;+2;;2*-1. The average Bonchev–Trinajstić information content (AvgIpc) is 1.56. The molecule has 0 aromatic rings. The summed E-state index contributed by atoms with van der Waals surface area (Å²) in [6.45, 7) is 0.0459. The van der Waals surface area contributed by atoms with Gasteiger partial charge < -0.3 is 34.6 Å². The molecule has 0 aliphatic heterocycles. The maximum absolute atomic E-state index is 10.4. The van der Waals surface area contributed by atoms with Crippen LogP contribution < -0.4 is 12.4 Å². The molecular weight excluding hydrogens is 245 g/mol. The van der Waals surface area contributed by atoms with E-state index in [2.05, 4.69) is 0 Å². The topological polar surface area (TPSA) is 77.8 Å². The van der Waals surface area contributed by atoms with Gasteiger partial charge in [0.25, 0.3) is 0 Å². The fourth-order valence-corrected chi connectivity index (χ4v) is 1.30. The zero-order valence-electron chi connectivity index (χ0n) is 10.0. The Morgan fingerprint density at radius 1 is 1.38 bits per heavy atom. The summed E-state index contributed by atoms with van der Waals surface area (Å²) in [5.74, 6) is -1.55. The first kappa shape index (κ1) is 20.1. The Kier molecular flexibility index (Phi) is 10.8. The smallest absolute Gasteiger partial charge is 1.00 e. The van der Waals surface area contributed by atoms with Gasteiger partial charge in [-0.2, -0.15) is 0 Å². The van der Waals surface area contributed by atoms with Gasteiger partial charge in [-0.05, 0) is 0 Å². The third kappa shape index (κ3) is 11.5. The number of quaternary nitrogens is 1. The zero-order valence-corrected chi connectivity index (χ0v) is 11.9. The number of halogens is 1. The molecule has 80 valence electrons. The molecule has 8 heteroatoms. The molecule has 0 aromatic carbocycles. The van der Waals surface area contributed by atoms with Gasteiger partial charge in [0, 0.05) is 0 Å². The third-order valence-electron chi connectivity index (χ3n) is 1.10. The van der Waals surface area contributed by atoms with Crippen molar-refractivity contribution in [1.82, 2.24) is 0 Å². The Morgan fingerprint density at radius 2 is 1.69 bits per heavy atom. The summed E-state index contributed by atoms with van der Waals surface area (Å²) in [5, 5.41) is 8.94. The fraction of sp³-hybridized carbons (Fsp3) is 1.00. The molecule has 0 heterocycles. The SMILES string of the molecule is C[N+](C)(C)CC(O)P(=O)(O)O.[Ca+2].[Cl-].[H-].[H-]. The van der Waals surface area contributed by atoms with E-state index >= 15 is 0 Å². The van der Waals surface area contributed by atoms with Crippen molar-refractivity contribution in [2.45, 2.75) is 5.85 Å². The molecule has 13 heavy (non-hydrogen) atoms. The molecular formula is C5H17CaClNO4P. The minimum Gasteiger partial charge on any atom is -1.00 e. The predicted molar refractivity (Wildman–Crippen MR) is 48.9 cm³/mol. The van der Waals surface area contributed by atoms with Crippen LogP contribution in [0, 0.1) is 0 Å². The molecule has 0 aliphatic carbocycles. The van der Waals surface area contributed by atoms with Crippen molar-refractivity contribution < 1.29 is 39.2 Å². The maximum atomic E-state index is 10.4. The van der Waals surface area contributed by atoms with Crippen LogP contribution in [0.4, 0.5) is 0 Å². The Bertz CT molecular complexity index is 188. The number of aliphatic hydroxyl groups excluding tert-OH is 1. The van der Waals surface area contributed by atoms with Crippen LogP contribution in [0.1, 0.15) is 2.85 Å². The molecule has 0 radical (unpaired) electrons. The number of nitrogens with zero attached hydrogens (tertiary/aromatic N) is 1. The average molecular weight is 262 g/mol. The van der Waals surface area contributed by atoms with Gasteiger partial charge in [0.15, 0.2) is 0 Å². The quantitative estimate of drug-likeness (QED) is 0.275. The summed E-state index contributed by atoms with van der Waals surface area (Å²) in [6, 6.07) is 0. The van der Waals surface area contributed by atoms with Crippen molar-refractivity contribution in [3.05, 3.63) is 0 Å². The molecule has 1 atom stereocenters. The molecule has 0 bridgehead atoms. The van der Waals surface area contributed by atoms with E-state index in [-0.39, 0.29) is 59.5 Å². The van der Waals surface area contributed by atoms with Gasteiger partial charge >= 0.3 is 45.3 Å². The first-order chi connectivity index (χ1) is 4.63. The molecule has 0 rings (SSSR count). The second-order valence-corrected chi connectivity index (χ2v) is 5.32. The largest absolute Gasteiger partial charge is 2.00 e. The molecule has 0 spiro atoms. The van der Waals surface area contributed by atoms with Gasteiger partial charge in [-0.25, -0.2) is 0 Å². The number of aliphatic hydroxyl groups is 1. The van der Waals surface area contributed by atoms with Gasteiger partial charge in [-0.1, -0.05) is 0 Å². The van der Waals surface area contributed by atoms with Gasteiger partial charge in [0.05, 0.1) is 21.1 Å². The first-order valence-corrected chi connectivity index (χ1v) is 4.85. The minimum absolute atomic E-state index is 0. The Morgan fingerprint density at radius 3 is 1.77 bits per heavy atom. The van der Waals surface area contributed by atoms with Crippen molar-refractivity contribution in [2.75, 3.05) is 27.7 Å². The van der Waals surface area contributed by atoms with Crippen molar-refractivity contribution >= 4 is 45.3 Å². The fourth-order valence-electron chi connectivity index (χ4n) is 0.596. The molecule has 0 saturated carbocycles. The van der Waals surface area contributed by atoms with Crippen LogP contribution in [0.3, 0.4) is 0 Å². The molecule has 3 N–H and O–H groups in total. The number of rotatable bonds is 3. The van der Waals surface area contributed by atoms with E-state index in [1.54, 1.807) is 21.1 Å². The normalized spacial score (nSPS) is 14.0. The Hall–Kier alpha value is 1.62. The summed E-state index contributed by atoms with van der Waals surface area (Å²) < 4.78 is 10.8. The molecule has 0 aromatic heterocycles. The van der Waals surface area contributed by atoms with Crippen LogP contribution in [0.25, 0.3) is 0 Å². The number of hydrogen-bond acceptors (Lipinski definition) is 2. The molecule has 5 nitrogen and oxygen atoms in total. The molecule has 0 saturated heterocycles. The second-order valence-electron chi connectivity index (χ2n) is 3.54. The molecule has 0 aliphatic rings. The summed E-state index contributed by atoms with van der Waals surface area (Å²) >= 11 is 0. The summed E-state index contributed by atoms with van der Waals surface area (Å²) in [7, 11) is 0.933. The Labute approximate surface area is 117 Å². The van der Waals surface area contributed by atoms with Crippen LogP contribution >= 0.6 is 7.60 Å². The monoisotopic (exact) mass is 261 g/mol. The van der Waals surface area contributed by atoms with E-state index in [0.29, 0.717) is 4.48 Å². The van der Waals surface area contributed by atoms with E-state index < -0.39 is 13.4 Å². The zero-order chi connectivity index (χ0) is 9.28. The van der Waals surface area contributed by atoms with Crippen molar-refractivity contribution in [3.63, 3.8) is 0 Å². The molecule has 0 fully saturated rings. The van der Waals surface area contributed by atoms with E-state index in [1.165, 1.54) is 0 Å². The van der Waals surface area contributed by atoms with Gasteiger partial charge in [-0.15, -0.1) is 0 Å². The van der Waals surface area contributed by atoms with E-state index in [9.17, 15) is 4.57 Å². The first-order valence-electron chi connectivity index (χ1n) is 3.17. The minimum atomic E-state index is -4.31. The van der Waals surface area contributed by atoms with Crippen LogP contribution in [0.5, 0.6) is 0 Å². The molecule has 0 amide bonds. The van der Waals surface area contributed by atoms with E-state index in [4.69, 9.17) is 14.9 Å². The van der Waals surface area contributed by atoms with Crippen molar-refractivity contribution in [3.8, 4) is 0 Å². The van der Waals surface area contributed by atoms with Gasteiger partial charge in [0.1, 0.15) is 6.54 Å². The van der Waals surface area contributed by atoms with Crippen molar-refractivity contribution in [2.24, 2.45) is 0 Å². The van der Waals surface area contributed by atoms with Crippen LogP contribution in [-0.2, 0) is 4.57 Å². The number of likely N-dealkylation sites (N-methyl/N-ethyl adjacent to an activating group) is 1. The summed E-state index contributed by atoms with van der Waals surface area (Å²) in [4.78, 5) is 17.0. The van der Waals surface area contributed by atoms with Crippen LogP contribution in [-0.4, -0.2) is 90.6 Å².